The van der Waals surface area contributed by atoms with Crippen molar-refractivity contribution in [2.45, 2.75) is 45.3 Å². The molecule has 0 aliphatic rings. The van der Waals surface area contributed by atoms with E-state index in [2.05, 4.69) is 36.6 Å². The standard InChI is InChI=1S/C27H43N9O9/c1-18(2)23(35-22(37)17-45-15-14-44-13-12-43-11-10-32-36-29)25(39)34-21(4-3-9-30-26(28)40)24(38)33-20-7-5-19(6-8-20)16-31-27(41)42/h5-8,18,21,23,31H,3-4,9-17H2,1-2H3,(H,33,38)(H,34,39)(H,35,37)(H,41,42)(H3,28,30,40). The maximum atomic E-state index is 13.2. The molecule has 0 bridgehead atoms. The van der Waals surface area contributed by atoms with E-state index in [-0.39, 0.29) is 58.4 Å². The third-order valence-electron chi connectivity index (χ3n) is 5.91. The lowest BCUT2D eigenvalue weighted by molar-refractivity contribution is -0.134. The first-order valence-electron chi connectivity index (χ1n) is 14.3. The molecule has 0 saturated carbocycles. The molecule has 18 heteroatoms. The second kappa shape index (κ2) is 22.8. The van der Waals surface area contributed by atoms with E-state index in [1.165, 1.54) is 0 Å². The molecule has 0 radical (unpaired) electrons. The van der Waals surface area contributed by atoms with Crippen molar-refractivity contribution in [1.82, 2.24) is 21.3 Å². The maximum Gasteiger partial charge on any atom is 0.404 e. The SMILES string of the molecule is CC(C)C(NC(=O)COCCOCCOCCN=[N+]=[N-])C(=O)NC(CCCNC(N)=O)C(=O)Nc1ccc(CNC(=O)O)cc1. The molecule has 0 aliphatic carbocycles. The summed E-state index contributed by atoms with van der Waals surface area (Å²) in [5.74, 6) is -1.98. The molecule has 18 nitrogen and oxygen atoms in total. The number of carbonyl (C=O) groups is 5. The van der Waals surface area contributed by atoms with E-state index in [9.17, 15) is 24.0 Å². The topological polar surface area (TPSA) is 268 Å². The number of carboxylic acid groups (broad SMARTS) is 1. The largest absolute Gasteiger partial charge is 0.465 e. The molecule has 0 aromatic heterocycles. The van der Waals surface area contributed by atoms with Gasteiger partial charge in [0.2, 0.25) is 17.7 Å². The van der Waals surface area contributed by atoms with Crippen molar-refractivity contribution in [3.05, 3.63) is 40.3 Å². The smallest absolute Gasteiger partial charge is 0.404 e. The molecule has 0 saturated heterocycles. The zero-order valence-corrected chi connectivity index (χ0v) is 25.5. The van der Waals surface area contributed by atoms with E-state index >= 15 is 0 Å². The van der Waals surface area contributed by atoms with Crippen LogP contribution >= 0.6 is 0 Å². The second-order valence-electron chi connectivity index (χ2n) is 9.86. The van der Waals surface area contributed by atoms with E-state index in [0.717, 1.165) is 0 Å². The molecular weight excluding hydrogens is 594 g/mol. The number of hydrogen-bond acceptors (Lipinski definition) is 9. The molecule has 1 aromatic carbocycles. The number of rotatable bonds is 23. The average Bonchev–Trinajstić information content (AvgIpc) is 2.99. The molecule has 0 spiro atoms. The van der Waals surface area contributed by atoms with Crippen molar-refractivity contribution >= 4 is 35.5 Å². The van der Waals surface area contributed by atoms with Crippen LogP contribution in [0.4, 0.5) is 15.3 Å². The Morgan fingerprint density at radius 3 is 2.18 bits per heavy atom. The quantitative estimate of drug-likeness (QED) is 0.0387. The van der Waals surface area contributed by atoms with Crippen LogP contribution in [0.5, 0.6) is 0 Å². The van der Waals surface area contributed by atoms with Crippen LogP contribution in [0.2, 0.25) is 0 Å². The number of carbonyl (C=O) groups excluding carboxylic acids is 4. The number of azide groups is 1. The van der Waals surface area contributed by atoms with E-state index < -0.39 is 41.9 Å². The van der Waals surface area contributed by atoms with Gasteiger partial charge < -0.3 is 51.6 Å². The molecule has 0 aliphatic heterocycles. The number of anilines is 1. The van der Waals surface area contributed by atoms with Gasteiger partial charge in [0.15, 0.2) is 0 Å². The van der Waals surface area contributed by atoms with Gasteiger partial charge in [-0.2, -0.15) is 0 Å². The summed E-state index contributed by atoms with van der Waals surface area (Å²) in [6.45, 7) is 4.90. The molecule has 250 valence electrons. The molecule has 1 aromatic rings. The highest BCUT2D eigenvalue weighted by molar-refractivity contribution is 5.98. The summed E-state index contributed by atoms with van der Waals surface area (Å²) in [4.78, 5) is 63.2. The number of amides is 6. The van der Waals surface area contributed by atoms with Gasteiger partial charge in [-0.3, -0.25) is 14.4 Å². The summed E-state index contributed by atoms with van der Waals surface area (Å²) in [5, 5.41) is 24.8. The number of hydrogen-bond donors (Lipinski definition) is 7. The number of nitrogens with zero attached hydrogens (tertiary/aromatic N) is 3. The Hall–Kier alpha value is -4.64. The molecule has 0 heterocycles. The van der Waals surface area contributed by atoms with Crippen molar-refractivity contribution in [3.63, 3.8) is 0 Å². The fourth-order valence-corrected chi connectivity index (χ4v) is 3.67. The van der Waals surface area contributed by atoms with Crippen molar-refractivity contribution in [1.29, 1.82) is 0 Å². The first-order chi connectivity index (χ1) is 21.5. The monoisotopic (exact) mass is 637 g/mol. The molecule has 8 N–H and O–H groups in total. The lowest BCUT2D eigenvalue weighted by atomic mass is 10.0. The summed E-state index contributed by atoms with van der Waals surface area (Å²) >= 11 is 0. The Morgan fingerprint density at radius 2 is 1.58 bits per heavy atom. The minimum atomic E-state index is -1.16. The van der Waals surface area contributed by atoms with Crippen LogP contribution in [0.1, 0.15) is 32.3 Å². The van der Waals surface area contributed by atoms with Crippen LogP contribution in [-0.4, -0.2) is 99.8 Å². The number of urea groups is 1. The van der Waals surface area contributed by atoms with Gasteiger partial charge in [-0.05, 0) is 42.0 Å². The average molecular weight is 638 g/mol. The van der Waals surface area contributed by atoms with Gasteiger partial charge in [0.25, 0.3) is 0 Å². The van der Waals surface area contributed by atoms with Crippen LogP contribution in [-0.2, 0) is 35.1 Å². The molecule has 6 amide bonds. The van der Waals surface area contributed by atoms with E-state index in [1.54, 1.807) is 38.1 Å². The maximum absolute atomic E-state index is 13.2. The number of primary amides is 1. The Balaban J connectivity index is 2.65. The van der Waals surface area contributed by atoms with Gasteiger partial charge >= 0.3 is 12.1 Å². The zero-order valence-electron chi connectivity index (χ0n) is 25.5. The fraction of sp³-hybridized carbons (Fsp3) is 0.593. The summed E-state index contributed by atoms with van der Waals surface area (Å²) in [5.41, 5.74) is 14.4. The summed E-state index contributed by atoms with van der Waals surface area (Å²) < 4.78 is 15.8. The zero-order chi connectivity index (χ0) is 33.5. The minimum absolute atomic E-state index is 0.0912. The van der Waals surface area contributed by atoms with Crippen LogP contribution < -0.4 is 32.3 Å². The van der Waals surface area contributed by atoms with Crippen LogP contribution in [0.15, 0.2) is 29.4 Å². The third kappa shape index (κ3) is 18.6. The molecular formula is C27H43N9O9. The van der Waals surface area contributed by atoms with Gasteiger partial charge in [-0.15, -0.1) is 0 Å². The van der Waals surface area contributed by atoms with Gasteiger partial charge in [0.1, 0.15) is 18.7 Å². The number of ether oxygens (including phenoxy) is 3. The lowest BCUT2D eigenvalue weighted by Gasteiger charge is -2.25. The van der Waals surface area contributed by atoms with Crippen LogP contribution in [0.25, 0.3) is 10.4 Å². The van der Waals surface area contributed by atoms with E-state index in [0.29, 0.717) is 30.9 Å². The van der Waals surface area contributed by atoms with E-state index in [1.807, 2.05) is 0 Å². The Bertz CT molecular complexity index is 1130. The van der Waals surface area contributed by atoms with Crippen LogP contribution in [0, 0.1) is 5.92 Å². The van der Waals surface area contributed by atoms with Crippen molar-refractivity contribution in [3.8, 4) is 0 Å². The van der Waals surface area contributed by atoms with E-state index in [4.69, 9.17) is 30.6 Å². The van der Waals surface area contributed by atoms with Crippen molar-refractivity contribution in [2.24, 2.45) is 16.8 Å². The molecule has 2 unspecified atom stereocenters. The molecule has 1 rings (SSSR count). The number of nitrogens with one attached hydrogen (secondary N) is 5. The molecule has 45 heavy (non-hydrogen) atoms. The van der Waals surface area contributed by atoms with Crippen molar-refractivity contribution in [2.75, 3.05) is 58.0 Å². The predicted molar refractivity (Wildman–Crippen MR) is 162 cm³/mol. The highest BCUT2D eigenvalue weighted by Gasteiger charge is 2.29. The van der Waals surface area contributed by atoms with Gasteiger partial charge in [0.05, 0.1) is 33.0 Å². The van der Waals surface area contributed by atoms with Crippen molar-refractivity contribution < 1.29 is 43.3 Å². The normalized spacial score (nSPS) is 11.9. The number of benzene rings is 1. The third-order valence-corrected chi connectivity index (χ3v) is 5.91. The molecule has 2 atom stereocenters. The summed E-state index contributed by atoms with van der Waals surface area (Å²) in [7, 11) is 0. The highest BCUT2D eigenvalue weighted by Crippen LogP contribution is 2.12. The fourth-order valence-electron chi connectivity index (χ4n) is 3.67. The molecule has 0 fully saturated rings. The first-order valence-corrected chi connectivity index (χ1v) is 14.3. The predicted octanol–water partition coefficient (Wildman–Crippen LogP) is 0.827. The summed E-state index contributed by atoms with van der Waals surface area (Å²) in [6, 6.07) is 3.75. The van der Waals surface area contributed by atoms with Gasteiger partial charge in [-0.1, -0.05) is 31.1 Å². The van der Waals surface area contributed by atoms with Gasteiger partial charge in [0, 0.05) is 30.2 Å². The Morgan fingerprint density at radius 1 is 0.933 bits per heavy atom. The minimum Gasteiger partial charge on any atom is -0.465 e. The van der Waals surface area contributed by atoms with Gasteiger partial charge in [-0.25, -0.2) is 9.59 Å². The lowest BCUT2D eigenvalue weighted by Crippen LogP contribution is -2.55. The first kappa shape index (κ1) is 38.4. The Kier molecular flexibility index (Phi) is 19.5. The second-order valence-corrected chi connectivity index (χ2v) is 9.86. The number of nitrogens with two attached hydrogens (primary N) is 1. The Labute approximate surface area is 260 Å². The van der Waals surface area contributed by atoms with Crippen LogP contribution in [0.3, 0.4) is 0 Å². The summed E-state index contributed by atoms with van der Waals surface area (Å²) in [6.07, 6.45) is -0.693. The highest BCUT2D eigenvalue weighted by atomic mass is 16.5.